The van der Waals surface area contributed by atoms with Gasteiger partial charge in [-0.3, -0.25) is 14.5 Å². The first kappa shape index (κ1) is 21.7. The van der Waals surface area contributed by atoms with Crippen molar-refractivity contribution in [1.82, 2.24) is 4.90 Å². The molecule has 3 aromatic carbocycles. The molecular formula is C25H22BrNO3S. The van der Waals surface area contributed by atoms with Gasteiger partial charge in [-0.05, 0) is 80.3 Å². The minimum absolute atomic E-state index is 0.195. The van der Waals surface area contributed by atoms with Crippen molar-refractivity contribution in [1.29, 1.82) is 0 Å². The highest BCUT2D eigenvalue weighted by molar-refractivity contribution is 9.10. The average molecular weight is 496 g/mol. The summed E-state index contributed by atoms with van der Waals surface area (Å²) in [6.07, 6.45) is 3.52. The van der Waals surface area contributed by atoms with Crippen molar-refractivity contribution in [2.45, 2.75) is 26.4 Å². The summed E-state index contributed by atoms with van der Waals surface area (Å²) in [4.78, 5) is 26.4. The van der Waals surface area contributed by atoms with Crippen LogP contribution in [0.1, 0.15) is 30.9 Å². The molecule has 2 amide bonds. The normalized spacial score (nSPS) is 15.3. The molecule has 4 nitrogen and oxygen atoms in total. The van der Waals surface area contributed by atoms with Gasteiger partial charge < -0.3 is 4.74 Å². The van der Waals surface area contributed by atoms with E-state index >= 15 is 0 Å². The number of hydrogen-bond donors (Lipinski definition) is 0. The summed E-state index contributed by atoms with van der Waals surface area (Å²) in [5.41, 5.74) is 1.93. The maximum Gasteiger partial charge on any atom is 0.293 e. The van der Waals surface area contributed by atoms with Crippen LogP contribution in [0.3, 0.4) is 0 Å². The Labute approximate surface area is 194 Å². The van der Waals surface area contributed by atoms with Crippen LogP contribution in [0.15, 0.2) is 70.0 Å². The maximum absolute atomic E-state index is 12.5. The Morgan fingerprint density at radius 2 is 1.84 bits per heavy atom. The summed E-state index contributed by atoms with van der Waals surface area (Å²) in [6, 6.07) is 20.2. The van der Waals surface area contributed by atoms with Crippen molar-refractivity contribution in [3.05, 3.63) is 81.2 Å². The van der Waals surface area contributed by atoms with Gasteiger partial charge in [0.2, 0.25) is 0 Å². The van der Waals surface area contributed by atoms with E-state index in [1.165, 1.54) is 15.7 Å². The summed E-state index contributed by atoms with van der Waals surface area (Å²) >= 11 is 4.56. The summed E-state index contributed by atoms with van der Waals surface area (Å²) in [5.74, 6) is 0.512. The highest BCUT2D eigenvalue weighted by atomic mass is 79.9. The monoisotopic (exact) mass is 495 g/mol. The van der Waals surface area contributed by atoms with Crippen molar-refractivity contribution in [3.8, 4) is 5.75 Å². The molecule has 0 N–H and O–H groups in total. The summed E-state index contributed by atoms with van der Waals surface area (Å²) in [6.45, 7) is 2.97. The number of halogens is 1. The number of carbonyl (C=O) groups is 2. The van der Waals surface area contributed by atoms with Gasteiger partial charge in [0.05, 0.1) is 9.38 Å². The SMILES string of the molecule is CCCCN1C(=O)S/C(=C\c2ccc(OCc3ccc4ccccc4c3)c(Br)c2)C1=O. The lowest BCUT2D eigenvalue weighted by molar-refractivity contribution is -0.122. The second kappa shape index (κ2) is 9.71. The molecule has 1 fully saturated rings. The van der Waals surface area contributed by atoms with Crippen LogP contribution in [0, 0.1) is 0 Å². The molecule has 1 heterocycles. The average Bonchev–Trinajstić information content (AvgIpc) is 3.03. The zero-order valence-electron chi connectivity index (χ0n) is 17.1. The molecule has 0 saturated carbocycles. The highest BCUT2D eigenvalue weighted by Crippen LogP contribution is 2.34. The fourth-order valence-corrected chi connectivity index (χ4v) is 4.75. The fourth-order valence-electron chi connectivity index (χ4n) is 3.37. The van der Waals surface area contributed by atoms with Crippen LogP contribution in [-0.2, 0) is 11.4 Å². The standard InChI is InChI=1S/C25H22BrNO3S/c1-2-3-12-27-24(28)23(31-25(27)29)15-17-9-11-22(21(26)14-17)30-16-18-8-10-19-6-4-5-7-20(19)13-18/h4-11,13-15H,2-3,12,16H2,1H3/b23-15-. The number of imide groups is 1. The van der Waals surface area contributed by atoms with E-state index in [0.717, 1.165) is 46.0 Å². The zero-order chi connectivity index (χ0) is 21.8. The molecule has 0 radical (unpaired) electrons. The molecule has 0 atom stereocenters. The minimum Gasteiger partial charge on any atom is -0.488 e. The van der Waals surface area contributed by atoms with Crippen LogP contribution in [0.5, 0.6) is 5.75 Å². The third kappa shape index (κ3) is 5.02. The number of thioether (sulfide) groups is 1. The molecule has 1 aliphatic rings. The quantitative estimate of drug-likeness (QED) is 0.330. The van der Waals surface area contributed by atoms with Gasteiger partial charge >= 0.3 is 0 Å². The van der Waals surface area contributed by atoms with Crippen molar-refractivity contribution in [2.75, 3.05) is 6.54 Å². The van der Waals surface area contributed by atoms with Crippen LogP contribution >= 0.6 is 27.7 Å². The van der Waals surface area contributed by atoms with Gasteiger partial charge in [-0.25, -0.2) is 0 Å². The molecule has 0 spiro atoms. The van der Waals surface area contributed by atoms with Gasteiger partial charge in [0.25, 0.3) is 11.1 Å². The van der Waals surface area contributed by atoms with E-state index in [4.69, 9.17) is 4.74 Å². The van der Waals surface area contributed by atoms with Crippen molar-refractivity contribution in [2.24, 2.45) is 0 Å². The molecule has 158 valence electrons. The predicted octanol–water partition coefficient (Wildman–Crippen LogP) is 7.02. The molecule has 0 aromatic heterocycles. The summed E-state index contributed by atoms with van der Waals surface area (Å²) in [7, 11) is 0. The molecule has 4 rings (SSSR count). The minimum atomic E-state index is -0.212. The molecule has 31 heavy (non-hydrogen) atoms. The second-order valence-electron chi connectivity index (χ2n) is 7.35. The molecule has 3 aromatic rings. The van der Waals surface area contributed by atoms with Crippen LogP contribution < -0.4 is 4.74 Å². The number of carbonyl (C=O) groups excluding carboxylic acids is 2. The topological polar surface area (TPSA) is 46.6 Å². The molecule has 0 aliphatic carbocycles. The van der Waals surface area contributed by atoms with Crippen LogP contribution in [-0.4, -0.2) is 22.6 Å². The Balaban J connectivity index is 1.44. The molecule has 0 unspecified atom stereocenters. The number of rotatable bonds is 7. The van der Waals surface area contributed by atoms with E-state index in [0.29, 0.717) is 18.1 Å². The van der Waals surface area contributed by atoms with Gasteiger partial charge in [-0.1, -0.05) is 55.8 Å². The second-order valence-corrected chi connectivity index (χ2v) is 9.19. The lowest BCUT2D eigenvalue weighted by atomic mass is 10.1. The van der Waals surface area contributed by atoms with Gasteiger partial charge in [-0.15, -0.1) is 0 Å². The van der Waals surface area contributed by atoms with Gasteiger partial charge in [0.15, 0.2) is 0 Å². The van der Waals surface area contributed by atoms with Crippen molar-refractivity contribution < 1.29 is 14.3 Å². The predicted molar refractivity (Wildman–Crippen MR) is 130 cm³/mol. The Morgan fingerprint density at radius 3 is 2.61 bits per heavy atom. The third-order valence-electron chi connectivity index (χ3n) is 5.07. The fraction of sp³-hybridized carbons (Fsp3) is 0.200. The molecule has 1 aliphatic heterocycles. The van der Waals surface area contributed by atoms with E-state index in [2.05, 4.69) is 46.3 Å². The number of benzene rings is 3. The first-order valence-electron chi connectivity index (χ1n) is 10.2. The highest BCUT2D eigenvalue weighted by Gasteiger charge is 2.34. The van der Waals surface area contributed by atoms with E-state index < -0.39 is 0 Å². The van der Waals surface area contributed by atoms with E-state index in [1.807, 2.05) is 37.3 Å². The summed E-state index contributed by atoms with van der Waals surface area (Å²) < 4.78 is 6.79. The zero-order valence-corrected chi connectivity index (χ0v) is 19.5. The molecule has 0 bridgehead atoms. The Hall–Kier alpha value is -2.57. The largest absolute Gasteiger partial charge is 0.488 e. The smallest absolute Gasteiger partial charge is 0.293 e. The first-order chi connectivity index (χ1) is 15.0. The number of unbranched alkanes of at least 4 members (excludes halogenated alkanes) is 1. The lowest BCUT2D eigenvalue weighted by Crippen LogP contribution is -2.29. The molecular weight excluding hydrogens is 474 g/mol. The van der Waals surface area contributed by atoms with Crippen LogP contribution in [0.2, 0.25) is 0 Å². The van der Waals surface area contributed by atoms with Gasteiger partial charge in [0.1, 0.15) is 12.4 Å². The lowest BCUT2D eigenvalue weighted by Gasteiger charge is -2.11. The number of amides is 2. The number of nitrogens with zero attached hydrogens (tertiary/aromatic N) is 1. The van der Waals surface area contributed by atoms with Gasteiger partial charge in [-0.2, -0.15) is 0 Å². The first-order valence-corrected chi connectivity index (χ1v) is 11.8. The summed E-state index contributed by atoms with van der Waals surface area (Å²) in [5, 5.41) is 2.20. The van der Waals surface area contributed by atoms with Crippen LogP contribution in [0.25, 0.3) is 16.8 Å². The maximum atomic E-state index is 12.5. The van der Waals surface area contributed by atoms with E-state index in [-0.39, 0.29) is 11.1 Å². The van der Waals surface area contributed by atoms with Gasteiger partial charge in [0, 0.05) is 6.54 Å². The van der Waals surface area contributed by atoms with Crippen molar-refractivity contribution >= 4 is 55.7 Å². The van der Waals surface area contributed by atoms with Crippen LogP contribution in [0.4, 0.5) is 4.79 Å². The number of hydrogen-bond acceptors (Lipinski definition) is 4. The third-order valence-corrected chi connectivity index (χ3v) is 6.60. The van der Waals surface area contributed by atoms with E-state index in [9.17, 15) is 9.59 Å². The van der Waals surface area contributed by atoms with Crippen molar-refractivity contribution in [3.63, 3.8) is 0 Å². The van der Waals surface area contributed by atoms with E-state index in [1.54, 1.807) is 6.08 Å². The number of fused-ring (bicyclic) bond motifs is 1. The Morgan fingerprint density at radius 1 is 1.03 bits per heavy atom. The Kier molecular flexibility index (Phi) is 6.78. The molecule has 6 heteroatoms. The number of ether oxygens (including phenoxy) is 1. The Bertz CT molecular complexity index is 1170. The molecule has 1 saturated heterocycles.